The number of benzene rings is 2. The SMILES string of the molecule is CCn1c(S[C@@H](C)C(=O)Nc2cc(Cl)ccc2OC)nc2ccccc2c1=O. The zero-order valence-corrected chi connectivity index (χ0v) is 17.3. The fraction of sp³-hybridized carbons (Fsp3) is 0.250. The summed E-state index contributed by atoms with van der Waals surface area (Å²) < 4.78 is 6.84. The number of hydrogen-bond donors (Lipinski definition) is 1. The highest BCUT2D eigenvalue weighted by Crippen LogP contribution is 2.29. The first-order chi connectivity index (χ1) is 13.4. The minimum absolute atomic E-state index is 0.111. The van der Waals surface area contributed by atoms with Gasteiger partial charge in [0, 0.05) is 11.6 Å². The van der Waals surface area contributed by atoms with Crippen molar-refractivity contribution in [3.63, 3.8) is 0 Å². The number of ether oxygens (including phenoxy) is 1. The lowest BCUT2D eigenvalue weighted by Crippen LogP contribution is -2.26. The van der Waals surface area contributed by atoms with E-state index in [4.69, 9.17) is 16.3 Å². The quantitative estimate of drug-likeness (QED) is 0.480. The molecule has 1 aromatic heterocycles. The Kier molecular flexibility index (Phi) is 6.26. The second kappa shape index (κ2) is 8.67. The van der Waals surface area contributed by atoms with Crippen molar-refractivity contribution in [2.75, 3.05) is 12.4 Å². The molecular formula is C20H20ClN3O3S. The molecule has 0 bridgehead atoms. The van der Waals surface area contributed by atoms with Crippen LogP contribution < -0.4 is 15.6 Å². The average molecular weight is 418 g/mol. The number of methoxy groups -OCH3 is 1. The normalized spacial score (nSPS) is 12.0. The summed E-state index contributed by atoms with van der Waals surface area (Å²) in [6.07, 6.45) is 0. The molecule has 0 aliphatic rings. The number of rotatable bonds is 6. The number of nitrogens with zero attached hydrogens (tertiary/aromatic N) is 2. The zero-order valence-electron chi connectivity index (χ0n) is 15.7. The molecule has 0 radical (unpaired) electrons. The Hall–Kier alpha value is -2.51. The van der Waals surface area contributed by atoms with Crippen molar-refractivity contribution in [2.45, 2.75) is 30.8 Å². The van der Waals surface area contributed by atoms with Crippen molar-refractivity contribution in [2.24, 2.45) is 0 Å². The Morgan fingerprint density at radius 2 is 2.07 bits per heavy atom. The molecule has 3 aromatic rings. The number of aromatic nitrogens is 2. The third-order valence-corrected chi connectivity index (χ3v) is 5.54. The molecule has 0 spiro atoms. The smallest absolute Gasteiger partial charge is 0.262 e. The van der Waals surface area contributed by atoms with Gasteiger partial charge in [-0.15, -0.1) is 0 Å². The number of fused-ring (bicyclic) bond motifs is 1. The molecule has 8 heteroatoms. The standard InChI is InChI=1S/C20H20ClN3O3S/c1-4-24-19(26)14-7-5-6-8-15(14)23-20(24)28-12(2)18(25)22-16-11-13(21)9-10-17(16)27-3/h5-12H,4H2,1-3H3,(H,22,25)/t12-/m0/s1. The van der Waals surface area contributed by atoms with E-state index in [-0.39, 0.29) is 11.5 Å². The fourth-order valence-corrected chi connectivity index (χ4v) is 3.88. The number of para-hydroxylation sites is 1. The lowest BCUT2D eigenvalue weighted by Gasteiger charge is -2.16. The molecule has 1 amide bonds. The first kappa shape index (κ1) is 20.2. The first-order valence-electron chi connectivity index (χ1n) is 8.75. The summed E-state index contributed by atoms with van der Waals surface area (Å²) in [7, 11) is 1.52. The van der Waals surface area contributed by atoms with Gasteiger partial charge < -0.3 is 10.1 Å². The Bertz CT molecular complexity index is 1080. The van der Waals surface area contributed by atoms with Crippen molar-refractivity contribution in [3.8, 4) is 5.75 Å². The van der Waals surface area contributed by atoms with Gasteiger partial charge in [0.25, 0.3) is 5.56 Å². The topological polar surface area (TPSA) is 73.2 Å². The molecule has 0 unspecified atom stereocenters. The summed E-state index contributed by atoms with van der Waals surface area (Å²) >= 11 is 7.25. The monoisotopic (exact) mass is 417 g/mol. The summed E-state index contributed by atoms with van der Waals surface area (Å²) in [4.78, 5) is 30.0. The van der Waals surface area contributed by atoms with Crippen LogP contribution in [0.1, 0.15) is 13.8 Å². The summed E-state index contributed by atoms with van der Waals surface area (Å²) in [5.74, 6) is 0.278. The number of carbonyl (C=O) groups is 1. The third-order valence-electron chi connectivity index (χ3n) is 4.21. The van der Waals surface area contributed by atoms with Crippen LogP contribution >= 0.6 is 23.4 Å². The van der Waals surface area contributed by atoms with Crippen molar-refractivity contribution in [1.82, 2.24) is 9.55 Å². The van der Waals surface area contributed by atoms with Crippen molar-refractivity contribution in [3.05, 3.63) is 57.8 Å². The Morgan fingerprint density at radius 1 is 1.32 bits per heavy atom. The van der Waals surface area contributed by atoms with Gasteiger partial charge >= 0.3 is 0 Å². The van der Waals surface area contributed by atoms with Gasteiger partial charge in [0.15, 0.2) is 5.16 Å². The van der Waals surface area contributed by atoms with Crippen LogP contribution in [0.4, 0.5) is 5.69 Å². The van der Waals surface area contributed by atoms with Gasteiger partial charge in [-0.05, 0) is 44.2 Å². The molecule has 146 valence electrons. The number of amides is 1. The second-order valence-electron chi connectivity index (χ2n) is 6.05. The van der Waals surface area contributed by atoms with E-state index >= 15 is 0 Å². The Balaban J connectivity index is 1.86. The van der Waals surface area contributed by atoms with Crippen LogP contribution in [0, 0.1) is 0 Å². The van der Waals surface area contributed by atoms with Crippen LogP contribution in [0.2, 0.25) is 5.02 Å². The van der Waals surface area contributed by atoms with Crippen LogP contribution in [-0.4, -0.2) is 27.8 Å². The van der Waals surface area contributed by atoms with Gasteiger partial charge in [0.05, 0.1) is 29.0 Å². The minimum Gasteiger partial charge on any atom is -0.495 e. The highest BCUT2D eigenvalue weighted by molar-refractivity contribution is 8.00. The van der Waals surface area contributed by atoms with Crippen LogP contribution in [0.15, 0.2) is 52.4 Å². The van der Waals surface area contributed by atoms with Gasteiger partial charge in [-0.3, -0.25) is 14.2 Å². The predicted molar refractivity (Wildman–Crippen MR) is 114 cm³/mol. The molecule has 1 N–H and O–H groups in total. The summed E-state index contributed by atoms with van der Waals surface area (Å²) in [5.41, 5.74) is 0.996. The fourth-order valence-electron chi connectivity index (χ4n) is 2.74. The highest BCUT2D eigenvalue weighted by atomic mass is 35.5. The van der Waals surface area contributed by atoms with E-state index < -0.39 is 5.25 Å². The molecule has 0 saturated carbocycles. The molecule has 0 fully saturated rings. The number of nitrogens with one attached hydrogen (secondary N) is 1. The van der Waals surface area contributed by atoms with Gasteiger partial charge in [-0.2, -0.15) is 0 Å². The van der Waals surface area contributed by atoms with Crippen molar-refractivity contribution >= 4 is 45.9 Å². The maximum absolute atomic E-state index is 12.7. The molecule has 1 heterocycles. The van der Waals surface area contributed by atoms with Crippen molar-refractivity contribution in [1.29, 1.82) is 0 Å². The lowest BCUT2D eigenvalue weighted by atomic mass is 10.2. The molecule has 1 atom stereocenters. The van der Waals surface area contributed by atoms with E-state index in [0.29, 0.717) is 39.1 Å². The van der Waals surface area contributed by atoms with E-state index in [2.05, 4.69) is 10.3 Å². The van der Waals surface area contributed by atoms with Gasteiger partial charge in [0.1, 0.15) is 5.75 Å². The number of thioether (sulfide) groups is 1. The van der Waals surface area contributed by atoms with Crippen LogP contribution in [-0.2, 0) is 11.3 Å². The molecule has 0 aliphatic heterocycles. The average Bonchev–Trinajstić information content (AvgIpc) is 2.68. The number of anilines is 1. The summed E-state index contributed by atoms with van der Waals surface area (Å²) in [5, 5.41) is 3.90. The largest absolute Gasteiger partial charge is 0.495 e. The van der Waals surface area contributed by atoms with Crippen molar-refractivity contribution < 1.29 is 9.53 Å². The number of halogens is 1. The Morgan fingerprint density at radius 3 is 2.79 bits per heavy atom. The molecule has 0 saturated heterocycles. The molecule has 3 rings (SSSR count). The molecule has 6 nitrogen and oxygen atoms in total. The molecule has 0 aliphatic carbocycles. The van der Waals surface area contributed by atoms with Gasteiger partial charge in [0.2, 0.25) is 5.91 Å². The minimum atomic E-state index is -0.491. The highest BCUT2D eigenvalue weighted by Gasteiger charge is 2.20. The van der Waals surface area contributed by atoms with E-state index in [9.17, 15) is 9.59 Å². The molecular weight excluding hydrogens is 398 g/mol. The Labute approximate surface area is 171 Å². The maximum Gasteiger partial charge on any atom is 0.262 e. The molecule has 2 aromatic carbocycles. The maximum atomic E-state index is 12.7. The molecule has 28 heavy (non-hydrogen) atoms. The van der Waals surface area contributed by atoms with Crippen LogP contribution in [0.5, 0.6) is 5.75 Å². The third kappa shape index (κ3) is 4.15. The van der Waals surface area contributed by atoms with E-state index in [1.807, 2.05) is 19.1 Å². The lowest BCUT2D eigenvalue weighted by molar-refractivity contribution is -0.115. The van der Waals surface area contributed by atoms with Gasteiger partial charge in [-0.25, -0.2) is 4.98 Å². The zero-order chi connectivity index (χ0) is 20.3. The van der Waals surface area contributed by atoms with Crippen LogP contribution in [0.3, 0.4) is 0 Å². The van der Waals surface area contributed by atoms with E-state index in [0.717, 1.165) is 0 Å². The van der Waals surface area contributed by atoms with E-state index in [1.54, 1.807) is 41.8 Å². The van der Waals surface area contributed by atoms with E-state index in [1.165, 1.54) is 18.9 Å². The summed E-state index contributed by atoms with van der Waals surface area (Å²) in [6, 6.07) is 12.2. The predicted octanol–water partition coefficient (Wildman–Crippen LogP) is 4.20. The summed E-state index contributed by atoms with van der Waals surface area (Å²) in [6.45, 7) is 4.11. The van der Waals surface area contributed by atoms with Crippen LogP contribution in [0.25, 0.3) is 10.9 Å². The number of hydrogen-bond acceptors (Lipinski definition) is 5. The number of carbonyl (C=O) groups excluding carboxylic acids is 1. The first-order valence-corrected chi connectivity index (χ1v) is 10.0. The van der Waals surface area contributed by atoms with Gasteiger partial charge in [-0.1, -0.05) is 35.5 Å². The second-order valence-corrected chi connectivity index (χ2v) is 7.80.